The van der Waals surface area contributed by atoms with E-state index < -0.39 is 0 Å². The minimum atomic E-state index is 0.713. The van der Waals surface area contributed by atoms with Gasteiger partial charge in [-0.25, -0.2) is 0 Å². The van der Waals surface area contributed by atoms with Gasteiger partial charge in [0.05, 0.1) is 4.47 Å². The van der Waals surface area contributed by atoms with Crippen molar-refractivity contribution in [1.82, 2.24) is 0 Å². The maximum atomic E-state index is 6.03. The van der Waals surface area contributed by atoms with Gasteiger partial charge >= 0.3 is 0 Å². The van der Waals surface area contributed by atoms with Gasteiger partial charge in [0.1, 0.15) is 11.5 Å². The molecule has 2 aromatic rings. The van der Waals surface area contributed by atoms with Crippen molar-refractivity contribution in [1.29, 1.82) is 0 Å². The Kier molecular flexibility index (Phi) is 6.23. The summed E-state index contributed by atoms with van der Waals surface area (Å²) in [6, 6.07) is 13.4. The number of rotatable bonds is 2. The second-order valence-electron chi connectivity index (χ2n) is 3.44. The van der Waals surface area contributed by atoms with E-state index in [4.69, 9.17) is 16.3 Å². The second kappa shape index (κ2) is 7.45. The molecule has 0 aliphatic carbocycles. The number of hydrogen-bond acceptors (Lipinski definition) is 1. The zero-order valence-corrected chi connectivity index (χ0v) is 13.0. The lowest BCUT2D eigenvalue weighted by molar-refractivity contribution is 0.479. The molecule has 0 saturated heterocycles. The van der Waals surface area contributed by atoms with Gasteiger partial charge in [0.25, 0.3) is 0 Å². The van der Waals surface area contributed by atoms with Crippen molar-refractivity contribution in [2.24, 2.45) is 0 Å². The summed E-state index contributed by atoms with van der Waals surface area (Å²) in [6.45, 7) is 5.96. The largest absolute Gasteiger partial charge is 0.456 e. The van der Waals surface area contributed by atoms with Gasteiger partial charge in [-0.15, -0.1) is 0 Å². The van der Waals surface area contributed by atoms with Crippen LogP contribution in [-0.2, 0) is 0 Å². The van der Waals surface area contributed by atoms with Gasteiger partial charge in [-0.1, -0.05) is 43.6 Å². The zero-order valence-electron chi connectivity index (χ0n) is 10.7. The van der Waals surface area contributed by atoms with E-state index in [-0.39, 0.29) is 0 Å². The first-order valence-electron chi connectivity index (χ1n) is 5.85. The first-order valence-corrected chi connectivity index (χ1v) is 7.02. The van der Waals surface area contributed by atoms with Crippen molar-refractivity contribution in [2.45, 2.75) is 20.8 Å². The molecular formula is C15H16BrClO. The molecule has 0 atom stereocenters. The zero-order chi connectivity index (χ0) is 13.5. The van der Waals surface area contributed by atoms with E-state index in [0.29, 0.717) is 5.02 Å². The number of hydrogen-bond donors (Lipinski definition) is 0. The fourth-order valence-corrected chi connectivity index (χ4v) is 1.83. The summed E-state index contributed by atoms with van der Waals surface area (Å²) in [4.78, 5) is 0. The molecule has 0 unspecified atom stereocenters. The summed E-state index contributed by atoms with van der Waals surface area (Å²) in [6.07, 6.45) is 0. The van der Waals surface area contributed by atoms with E-state index >= 15 is 0 Å². The number of aryl methyl sites for hydroxylation is 1. The molecule has 0 aliphatic rings. The molecule has 18 heavy (non-hydrogen) atoms. The molecule has 0 N–H and O–H groups in total. The van der Waals surface area contributed by atoms with E-state index in [1.165, 1.54) is 0 Å². The van der Waals surface area contributed by atoms with Gasteiger partial charge in [0, 0.05) is 5.02 Å². The van der Waals surface area contributed by atoms with Crippen LogP contribution in [0.2, 0.25) is 5.02 Å². The maximum absolute atomic E-state index is 6.03. The minimum absolute atomic E-state index is 0.713. The Morgan fingerprint density at radius 1 is 1.06 bits per heavy atom. The van der Waals surface area contributed by atoms with Crippen LogP contribution in [0.1, 0.15) is 19.4 Å². The van der Waals surface area contributed by atoms with Gasteiger partial charge in [-0.05, 0) is 52.7 Å². The van der Waals surface area contributed by atoms with Gasteiger partial charge in [0.15, 0.2) is 0 Å². The summed E-state index contributed by atoms with van der Waals surface area (Å²) in [5, 5.41) is 0.713. The molecule has 0 amide bonds. The van der Waals surface area contributed by atoms with Gasteiger partial charge < -0.3 is 4.74 Å². The Morgan fingerprint density at radius 2 is 1.72 bits per heavy atom. The van der Waals surface area contributed by atoms with Gasteiger partial charge in [0.2, 0.25) is 0 Å². The van der Waals surface area contributed by atoms with Crippen LogP contribution in [0, 0.1) is 6.92 Å². The number of benzene rings is 2. The molecular weight excluding hydrogens is 312 g/mol. The van der Waals surface area contributed by atoms with Crippen LogP contribution in [0.3, 0.4) is 0 Å². The van der Waals surface area contributed by atoms with Crippen molar-refractivity contribution in [2.75, 3.05) is 0 Å². The standard InChI is InChI=1S/C13H10BrClO.C2H6/c1-9-6-7-10(8-12(9)15)16-13-5-3-2-4-11(13)14;1-2/h2-8H,1H3;1-2H3. The highest BCUT2D eigenvalue weighted by molar-refractivity contribution is 9.10. The predicted molar refractivity (Wildman–Crippen MR) is 81.8 cm³/mol. The first-order chi connectivity index (χ1) is 8.66. The Morgan fingerprint density at radius 3 is 2.33 bits per heavy atom. The van der Waals surface area contributed by atoms with E-state index in [0.717, 1.165) is 21.5 Å². The molecule has 2 aromatic carbocycles. The first kappa shape index (κ1) is 15.1. The molecule has 0 aliphatic heterocycles. The maximum Gasteiger partial charge on any atom is 0.141 e. The molecule has 2 rings (SSSR count). The lowest BCUT2D eigenvalue weighted by atomic mass is 10.2. The Hall–Kier alpha value is -0.990. The van der Waals surface area contributed by atoms with Crippen LogP contribution in [0.4, 0.5) is 0 Å². The van der Waals surface area contributed by atoms with Gasteiger partial charge in [-0.3, -0.25) is 0 Å². The molecule has 0 heterocycles. The Bertz CT molecular complexity index is 512. The van der Waals surface area contributed by atoms with Gasteiger partial charge in [-0.2, -0.15) is 0 Å². The van der Waals surface area contributed by atoms with Crippen LogP contribution >= 0.6 is 27.5 Å². The number of para-hydroxylation sites is 1. The third kappa shape index (κ3) is 4.04. The molecule has 1 nitrogen and oxygen atoms in total. The Balaban J connectivity index is 0.000000771. The van der Waals surface area contributed by atoms with Crippen LogP contribution in [-0.4, -0.2) is 0 Å². The highest BCUT2D eigenvalue weighted by atomic mass is 79.9. The molecule has 0 saturated carbocycles. The van der Waals surface area contributed by atoms with Crippen LogP contribution in [0.15, 0.2) is 46.9 Å². The van der Waals surface area contributed by atoms with Crippen LogP contribution in [0.5, 0.6) is 11.5 Å². The third-order valence-corrected chi connectivity index (χ3v) is 3.27. The highest BCUT2D eigenvalue weighted by Crippen LogP contribution is 2.31. The van der Waals surface area contributed by atoms with Crippen molar-refractivity contribution in [3.63, 3.8) is 0 Å². The van der Waals surface area contributed by atoms with Crippen molar-refractivity contribution in [3.05, 3.63) is 57.5 Å². The average molecular weight is 328 g/mol. The molecule has 0 fully saturated rings. The topological polar surface area (TPSA) is 9.23 Å². The SMILES string of the molecule is CC.Cc1ccc(Oc2ccccc2Br)cc1Cl. The van der Waals surface area contributed by atoms with E-state index in [2.05, 4.69) is 15.9 Å². The summed E-state index contributed by atoms with van der Waals surface area (Å²) in [7, 11) is 0. The number of ether oxygens (including phenoxy) is 1. The molecule has 3 heteroatoms. The Labute approximate surface area is 122 Å². The van der Waals surface area contributed by atoms with E-state index in [1.807, 2.05) is 63.2 Å². The lowest BCUT2D eigenvalue weighted by Crippen LogP contribution is -1.86. The van der Waals surface area contributed by atoms with Crippen molar-refractivity contribution in [3.8, 4) is 11.5 Å². The van der Waals surface area contributed by atoms with Crippen LogP contribution in [0.25, 0.3) is 0 Å². The average Bonchev–Trinajstić information content (AvgIpc) is 2.39. The molecule has 0 bridgehead atoms. The summed E-state index contributed by atoms with van der Waals surface area (Å²) >= 11 is 9.46. The molecule has 0 radical (unpaired) electrons. The van der Waals surface area contributed by atoms with Crippen molar-refractivity contribution >= 4 is 27.5 Å². The summed E-state index contributed by atoms with van der Waals surface area (Å²) < 4.78 is 6.64. The fourth-order valence-electron chi connectivity index (χ4n) is 1.29. The quantitative estimate of drug-likeness (QED) is 0.635. The van der Waals surface area contributed by atoms with E-state index in [9.17, 15) is 0 Å². The second-order valence-corrected chi connectivity index (χ2v) is 4.71. The monoisotopic (exact) mass is 326 g/mol. The summed E-state index contributed by atoms with van der Waals surface area (Å²) in [5.74, 6) is 1.52. The minimum Gasteiger partial charge on any atom is -0.456 e. The normalized spacial score (nSPS) is 9.39. The molecule has 0 aromatic heterocycles. The smallest absolute Gasteiger partial charge is 0.141 e. The molecule has 0 spiro atoms. The van der Waals surface area contributed by atoms with Crippen molar-refractivity contribution < 1.29 is 4.74 Å². The molecule has 96 valence electrons. The third-order valence-electron chi connectivity index (χ3n) is 2.21. The predicted octanol–water partition coefficient (Wildman–Crippen LogP) is 6.23. The number of halogens is 2. The summed E-state index contributed by atoms with van der Waals surface area (Å²) in [5.41, 5.74) is 1.04. The van der Waals surface area contributed by atoms with E-state index in [1.54, 1.807) is 0 Å². The lowest BCUT2D eigenvalue weighted by Gasteiger charge is -2.08. The highest BCUT2D eigenvalue weighted by Gasteiger charge is 2.03. The fraction of sp³-hybridized carbons (Fsp3) is 0.200. The van der Waals surface area contributed by atoms with Crippen LogP contribution < -0.4 is 4.74 Å².